The quantitative estimate of drug-likeness (QED) is 0.234. The fraction of sp³-hybridized carbons (Fsp3) is 0.200. The van der Waals surface area contributed by atoms with Crippen LogP contribution in [0.15, 0.2) is 83.2 Å². The number of carbonyl (C=O) groups excluding carboxylic acids is 1. The first kappa shape index (κ1) is 23.7. The number of hydrogen-bond acceptors (Lipinski definition) is 6. The van der Waals surface area contributed by atoms with Gasteiger partial charge in [-0.1, -0.05) is 49.7 Å². The summed E-state index contributed by atoms with van der Waals surface area (Å²) in [6.07, 6.45) is 3.28. The molecule has 2 aromatic carbocycles. The summed E-state index contributed by atoms with van der Waals surface area (Å²) >= 11 is 1.43. The highest BCUT2D eigenvalue weighted by Gasteiger charge is 2.25. The Morgan fingerprint density at radius 1 is 1.06 bits per heavy atom. The second kappa shape index (κ2) is 10.7. The molecule has 0 aliphatic rings. The maximum Gasteiger partial charge on any atom is 0.338 e. The van der Waals surface area contributed by atoms with Crippen LogP contribution in [-0.4, -0.2) is 30.8 Å². The topological polar surface area (TPSA) is 90.3 Å². The molecule has 0 spiro atoms. The molecule has 34 heavy (non-hydrogen) atoms. The summed E-state index contributed by atoms with van der Waals surface area (Å²) in [5, 5.41) is 6.46. The van der Waals surface area contributed by atoms with Gasteiger partial charge in [0.2, 0.25) is 0 Å². The Morgan fingerprint density at radius 3 is 2.50 bits per heavy atom. The van der Waals surface area contributed by atoms with E-state index in [1.54, 1.807) is 35.1 Å². The second-order valence-corrected chi connectivity index (χ2v) is 10.3. The molecule has 0 saturated carbocycles. The van der Waals surface area contributed by atoms with Crippen LogP contribution in [0.2, 0.25) is 0 Å². The highest BCUT2D eigenvalue weighted by atomic mass is 32.2. The summed E-state index contributed by atoms with van der Waals surface area (Å²) in [5.41, 5.74) is 2.13. The van der Waals surface area contributed by atoms with Crippen LogP contribution >= 0.6 is 11.3 Å². The molecule has 0 atom stereocenters. The smallest absolute Gasteiger partial charge is 0.338 e. The predicted molar refractivity (Wildman–Crippen MR) is 134 cm³/mol. The van der Waals surface area contributed by atoms with Crippen molar-refractivity contribution in [2.45, 2.75) is 31.2 Å². The molecule has 0 fully saturated rings. The number of ether oxygens (including phenoxy) is 1. The molecule has 0 radical (unpaired) electrons. The first-order chi connectivity index (χ1) is 16.5. The van der Waals surface area contributed by atoms with Crippen LogP contribution in [0, 0.1) is 0 Å². The predicted octanol–water partition coefficient (Wildman–Crippen LogP) is 5.42. The molecule has 0 aliphatic carbocycles. The zero-order chi connectivity index (χ0) is 24.0. The molecule has 7 nitrogen and oxygen atoms in total. The maximum absolute atomic E-state index is 13.3. The second-order valence-electron chi connectivity index (χ2n) is 7.67. The Balaban J connectivity index is 1.57. The number of nitrogens with zero attached hydrogens (tertiary/aromatic N) is 2. The molecule has 0 saturated heterocycles. The number of nitrogens with one attached hydrogen (secondary N) is 1. The van der Waals surface area contributed by atoms with Crippen molar-refractivity contribution in [1.29, 1.82) is 0 Å². The number of carbonyl (C=O) groups is 1. The van der Waals surface area contributed by atoms with Gasteiger partial charge in [-0.15, -0.1) is 11.3 Å². The van der Waals surface area contributed by atoms with E-state index in [1.807, 2.05) is 54.8 Å². The van der Waals surface area contributed by atoms with E-state index in [2.05, 4.69) is 9.82 Å². The molecule has 4 aromatic rings. The van der Waals surface area contributed by atoms with E-state index >= 15 is 0 Å². The minimum absolute atomic E-state index is 0.0916. The van der Waals surface area contributed by atoms with Crippen LogP contribution in [0.25, 0.3) is 10.6 Å². The van der Waals surface area contributed by atoms with E-state index in [1.165, 1.54) is 11.3 Å². The number of hydrogen-bond donors (Lipinski definition) is 1. The summed E-state index contributed by atoms with van der Waals surface area (Å²) in [7, 11) is -3.93. The molecular formula is C25H25N3O4S2. The summed E-state index contributed by atoms with van der Waals surface area (Å²) in [6.45, 7) is 2.83. The van der Waals surface area contributed by atoms with Crippen LogP contribution in [0.3, 0.4) is 0 Å². The lowest BCUT2D eigenvalue weighted by molar-refractivity contribution is 0.0500. The van der Waals surface area contributed by atoms with Crippen molar-refractivity contribution in [2.24, 2.45) is 0 Å². The van der Waals surface area contributed by atoms with Crippen molar-refractivity contribution in [3.63, 3.8) is 0 Å². The number of aromatic nitrogens is 2. The van der Waals surface area contributed by atoms with Gasteiger partial charge in [0, 0.05) is 11.9 Å². The lowest BCUT2D eigenvalue weighted by Crippen LogP contribution is -2.13. The van der Waals surface area contributed by atoms with Crippen molar-refractivity contribution in [2.75, 3.05) is 11.3 Å². The standard InChI is InChI=1S/C25H25N3O4S2/c1-2-3-15-32-25(29)20-11-13-21(14-12-20)27-34(30,31)23-18-28(17-19-8-5-4-6-9-19)26-24(23)22-10-7-16-33-22/h4-14,16,18,27H,2-3,15,17H2,1H3. The van der Waals surface area contributed by atoms with Gasteiger partial charge in [0.15, 0.2) is 0 Å². The number of benzene rings is 2. The van der Waals surface area contributed by atoms with Gasteiger partial charge in [-0.05, 0) is 47.7 Å². The van der Waals surface area contributed by atoms with Gasteiger partial charge in [0.05, 0.1) is 23.6 Å². The van der Waals surface area contributed by atoms with E-state index in [9.17, 15) is 13.2 Å². The molecule has 0 bridgehead atoms. The highest BCUT2D eigenvalue weighted by Crippen LogP contribution is 2.31. The molecule has 176 valence electrons. The highest BCUT2D eigenvalue weighted by molar-refractivity contribution is 7.92. The molecule has 9 heteroatoms. The molecule has 4 rings (SSSR count). The van der Waals surface area contributed by atoms with E-state index in [4.69, 9.17) is 4.74 Å². The normalized spacial score (nSPS) is 11.3. The molecule has 1 N–H and O–H groups in total. The Kier molecular flexibility index (Phi) is 7.44. The summed E-state index contributed by atoms with van der Waals surface area (Å²) in [5.74, 6) is -0.426. The van der Waals surface area contributed by atoms with Crippen molar-refractivity contribution < 1.29 is 17.9 Å². The Labute approximate surface area is 203 Å². The molecule has 2 heterocycles. The van der Waals surface area contributed by atoms with Gasteiger partial charge >= 0.3 is 5.97 Å². The van der Waals surface area contributed by atoms with Gasteiger partial charge in [-0.2, -0.15) is 5.10 Å². The minimum atomic E-state index is -3.93. The van der Waals surface area contributed by atoms with E-state index in [0.717, 1.165) is 23.3 Å². The SMILES string of the molecule is CCCCOC(=O)c1ccc(NS(=O)(=O)c2cn(Cc3ccccc3)nc2-c2cccs2)cc1. The van der Waals surface area contributed by atoms with Gasteiger partial charge < -0.3 is 4.74 Å². The van der Waals surface area contributed by atoms with Gasteiger partial charge in [-0.3, -0.25) is 9.40 Å². The zero-order valence-corrected chi connectivity index (χ0v) is 20.3. The minimum Gasteiger partial charge on any atom is -0.462 e. The van der Waals surface area contributed by atoms with E-state index in [0.29, 0.717) is 30.1 Å². The summed E-state index contributed by atoms with van der Waals surface area (Å²) in [4.78, 5) is 12.9. The number of rotatable bonds is 10. The molecule has 0 aliphatic heterocycles. The number of unbranched alkanes of at least 4 members (excludes halogenated alkanes) is 1. The summed E-state index contributed by atoms with van der Waals surface area (Å²) in [6, 6.07) is 19.6. The first-order valence-electron chi connectivity index (χ1n) is 10.9. The van der Waals surface area contributed by atoms with Crippen LogP contribution < -0.4 is 4.72 Å². The average Bonchev–Trinajstić information content (AvgIpc) is 3.50. The Bertz CT molecular complexity index is 1330. The maximum atomic E-state index is 13.3. The Morgan fingerprint density at radius 2 is 1.82 bits per heavy atom. The van der Waals surface area contributed by atoms with Crippen LogP contribution in [-0.2, 0) is 21.3 Å². The van der Waals surface area contributed by atoms with Gasteiger partial charge in [0.1, 0.15) is 10.6 Å². The lowest BCUT2D eigenvalue weighted by Gasteiger charge is -2.09. The van der Waals surface area contributed by atoms with E-state index < -0.39 is 16.0 Å². The number of thiophene rings is 1. The zero-order valence-electron chi connectivity index (χ0n) is 18.7. The monoisotopic (exact) mass is 495 g/mol. The number of sulfonamides is 1. The Hall–Kier alpha value is -3.43. The molecule has 0 unspecified atom stereocenters. The average molecular weight is 496 g/mol. The molecule has 0 amide bonds. The van der Waals surface area contributed by atoms with Crippen molar-refractivity contribution in [1.82, 2.24) is 9.78 Å². The summed E-state index contributed by atoms with van der Waals surface area (Å²) < 4.78 is 36.1. The first-order valence-corrected chi connectivity index (χ1v) is 13.3. The fourth-order valence-electron chi connectivity index (χ4n) is 3.31. The number of anilines is 1. The van der Waals surface area contributed by atoms with Crippen LogP contribution in [0.1, 0.15) is 35.7 Å². The molecule has 2 aromatic heterocycles. The van der Waals surface area contributed by atoms with Gasteiger partial charge in [0.25, 0.3) is 10.0 Å². The van der Waals surface area contributed by atoms with Crippen LogP contribution in [0.5, 0.6) is 0 Å². The lowest BCUT2D eigenvalue weighted by atomic mass is 10.2. The van der Waals surface area contributed by atoms with Crippen molar-refractivity contribution in [3.05, 3.63) is 89.4 Å². The van der Waals surface area contributed by atoms with Crippen LogP contribution in [0.4, 0.5) is 5.69 Å². The van der Waals surface area contributed by atoms with Crippen molar-refractivity contribution in [3.8, 4) is 10.6 Å². The van der Waals surface area contributed by atoms with E-state index in [-0.39, 0.29) is 4.90 Å². The van der Waals surface area contributed by atoms with Crippen molar-refractivity contribution >= 4 is 33.0 Å². The number of esters is 1. The third-order valence-electron chi connectivity index (χ3n) is 5.06. The third-order valence-corrected chi connectivity index (χ3v) is 7.32. The fourth-order valence-corrected chi connectivity index (χ4v) is 5.32. The molecular weight excluding hydrogens is 470 g/mol. The third kappa shape index (κ3) is 5.73. The van der Waals surface area contributed by atoms with Gasteiger partial charge in [-0.25, -0.2) is 13.2 Å². The largest absolute Gasteiger partial charge is 0.462 e.